The molecule has 0 fully saturated rings. The fraction of sp³-hybridized carbons (Fsp3) is 0.385. The van der Waals surface area contributed by atoms with Gasteiger partial charge in [0.25, 0.3) is 0 Å². The molecule has 2 N–H and O–H groups in total. The highest BCUT2D eigenvalue weighted by atomic mass is 32.1. The van der Waals surface area contributed by atoms with Gasteiger partial charge < -0.3 is 10.4 Å². The van der Waals surface area contributed by atoms with Gasteiger partial charge in [-0.1, -0.05) is 12.1 Å². The van der Waals surface area contributed by atoms with E-state index in [9.17, 15) is 9.90 Å². The maximum Gasteiger partial charge on any atom is 0.303 e. The van der Waals surface area contributed by atoms with E-state index in [0.29, 0.717) is 6.42 Å². The van der Waals surface area contributed by atoms with Crippen LogP contribution in [-0.4, -0.2) is 32.6 Å². The molecule has 1 atom stereocenters. The summed E-state index contributed by atoms with van der Waals surface area (Å²) < 4.78 is 1.13. The summed E-state index contributed by atoms with van der Waals surface area (Å²) in [6.45, 7) is 3.00. The number of aryl methyl sites for hydroxylation is 4. The molecule has 34 heavy (non-hydrogen) atoms. The molecular formula is C26H28N4O2S2. The molecule has 176 valence electrons. The highest BCUT2D eigenvalue weighted by Gasteiger charge is 2.19. The molecule has 5 rings (SSSR count). The van der Waals surface area contributed by atoms with E-state index in [0.717, 1.165) is 75.2 Å². The van der Waals surface area contributed by atoms with Gasteiger partial charge in [0.15, 0.2) is 0 Å². The van der Waals surface area contributed by atoms with Gasteiger partial charge in [-0.25, -0.2) is 15.0 Å². The van der Waals surface area contributed by atoms with E-state index in [2.05, 4.69) is 33.9 Å². The van der Waals surface area contributed by atoms with Gasteiger partial charge >= 0.3 is 5.97 Å². The number of nitrogens with zero attached hydrogens (tertiary/aromatic N) is 3. The van der Waals surface area contributed by atoms with E-state index < -0.39 is 5.97 Å². The Balaban J connectivity index is 1.22. The molecule has 0 spiro atoms. The van der Waals surface area contributed by atoms with Crippen LogP contribution in [0, 0.1) is 6.92 Å². The Hall–Kier alpha value is -2.84. The standard InChI is InChI=1S/C26H28N4O2S2/c1-16-28-22-13-18(8-10-23(22)34-16)19(14-25(31)32)12-21-15-33-24(29-21)6-2-5-20-9-7-17-4-3-11-27-26(17)30-20/h7-10,13,15,19H,2-6,11-12,14H2,1H3,(H,27,30)(H,31,32). The van der Waals surface area contributed by atoms with E-state index in [1.807, 2.05) is 19.1 Å². The van der Waals surface area contributed by atoms with Crippen molar-refractivity contribution >= 4 is 44.7 Å². The minimum absolute atomic E-state index is 0.0829. The quantitative estimate of drug-likeness (QED) is 0.307. The second-order valence-electron chi connectivity index (χ2n) is 8.89. The van der Waals surface area contributed by atoms with Crippen molar-refractivity contribution in [3.8, 4) is 0 Å². The zero-order valence-corrected chi connectivity index (χ0v) is 20.8. The number of nitrogens with one attached hydrogen (secondary N) is 1. The average molecular weight is 493 g/mol. The number of aromatic nitrogens is 3. The first kappa shape index (κ1) is 22.9. The number of hydrogen-bond acceptors (Lipinski definition) is 7. The minimum atomic E-state index is -0.790. The van der Waals surface area contributed by atoms with E-state index in [1.165, 1.54) is 12.0 Å². The Morgan fingerprint density at radius 3 is 2.94 bits per heavy atom. The van der Waals surface area contributed by atoms with Crippen LogP contribution in [0.25, 0.3) is 10.2 Å². The first-order valence-electron chi connectivity index (χ1n) is 11.8. The predicted octanol–water partition coefficient (Wildman–Crippen LogP) is 5.79. The molecule has 3 aromatic heterocycles. The van der Waals surface area contributed by atoms with Gasteiger partial charge in [0.1, 0.15) is 5.82 Å². The van der Waals surface area contributed by atoms with Gasteiger partial charge in [0, 0.05) is 17.6 Å². The zero-order valence-electron chi connectivity index (χ0n) is 19.2. The Kier molecular flexibility index (Phi) is 6.87. The topological polar surface area (TPSA) is 88.0 Å². The van der Waals surface area contributed by atoms with Crippen molar-refractivity contribution in [3.05, 3.63) is 68.2 Å². The minimum Gasteiger partial charge on any atom is -0.481 e. The number of carboxylic acid groups (broad SMARTS) is 1. The molecule has 1 unspecified atom stereocenters. The number of aliphatic carboxylic acids is 1. The lowest BCUT2D eigenvalue weighted by Crippen LogP contribution is -2.14. The van der Waals surface area contributed by atoms with Gasteiger partial charge in [0.2, 0.25) is 0 Å². The van der Waals surface area contributed by atoms with Crippen molar-refractivity contribution in [3.63, 3.8) is 0 Å². The fourth-order valence-electron chi connectivity index (χ4n) is 4.57. The lowest BCUT2D eigenvalue weighted by molar-refractivity contribution is -0.137. The van der Waals surface area contributed by atoms with Crippen molar-refractivity contribution in [1.29, 1.82) is 0 Å². The Bertz CT molecular complexity index is 1310. The molecular weight excluding hydrogens is 464 g/mol. The summed E-state index contributed by atoms with van der Waals surface area (Å²) in [7, 11) is 0. The molecule has 1 aromatic carbocycles. The highest BCUT2D eigenvalue weighted by molar-refractivity contribution is 7.18. The van der Waals surface area contributed by atoms with Crippen molar-refractivity contribution in [2.24, 2.45) is 0 Å². The molecule has 1 aliphatic rings. The maximum absolute atomic E-state index is 11.6. The van der Waals surface area contributed by atoms with Crippen LogP contribution in [0.3, 0.4) is 0 Å². The van der Waals surface area contributed by atoms with E-state index in [1.54, 1.807) is 22.7 Å². The Morgan fingerprint density at radius 2 is 2.06 bits per heavy atom. The molecule has 0 aliphatic carbocycles. The van der Waals surface area contributed by atoms with Crippen LogP contribution in [0.4, 0.5) is 5.82 Å². The van der Waals surface area contributed by atoms with E-state index >= 15 is 0 Å². The third kappa shape index (κ3) is 5.45. The lowest BCUT2D eigenvalue weighted by Gasteiger charge is -2.17. The van der Waals surface area contributed by atoms with Crippen LogP contribution in [-0.2, 0) is 30.5 Å². The predicted molar refractivity (Wildman–Crippen MR) is 138 cm³/mol. The Morgan fingerprint density at radius 1 is 1.15 bits per heavy atom. The lowest BCUT2D eigenvalue weighted by atomic mass is 9.91. The largest absolute Gasteiger partial charge is 0.481 e. The molecule has 4 heterocycles. The molecule has 4 aromatic rings. The third-order valence-corrected chi connectivity index (χ3v) is 8.15. The van der Waals surface area contributed by atoms with Crippen molar-refractivity contribution in [2.45, 2.75) is 57.8 Å². The summed E-state index contributed by atoms with van der Waals surface area (Å²) in [6, 6.07) is 10.5. The van der Waals surface area contributed by atoms with Crippen LogP contribution in [0.15, 0.2) is 35.7 Å². The van der Waals surface area contributed by atoms with Crippen LogP contribution in [0.1, 0.15) is 57.7 Å². The first-order chi connectivity index (χ1) is 16.5. The van der Waals surface area contributed by atoms with E-state index in [-0.39, 0.29) is 12.3 Å². The SMILES string of the molecule is Cc1nc2cc(C(CC(=O)O)Cc3csc(CCCc4ccc5c(n4)NCCC5)n3)ccc2s1. The number of pyridine rings is 1. The second-order valence-corrected chi connectivity index (χ2v) is 11.1. The van der Waals surface area contributed by atoms with Gasteiger partial charge in [-0.3, -0.25) is 4.79 Å². The number of thiazole rings is 2. The summed E-state index contributed by atoms with van der Waals surface area (Å²) in [5.74, 6) is 0.142. The number of carbonyl (C=O) groups is 1. The normalized spacial score (nSPS) is 14.0. The number of fused-ring (bicyclic) bond motifs is 2. The van der Waals surface area contributed by atoms with Gasteiger partial charge in [-0.2, -0.15) is 0 Å². The molecule has 8 heteroatoms. The molecule has 0 amide bonds. The summed E-state index contributed by atoms with van der Waals surface area (Å²) in [5.41, 5.74) is 5.37. The van der Waals surface area contributed by atoms with Crippen molar-refractivity contribution in [1.82, 2.24) is 15.0 Å². The van der Waals surface area contributed by atoms with Crippen molar-refractivity contribution < 1.29 is 9.90 Å². The van der Waals surface area contributed by atoms with Crippen molar-refractivity contribution in [2.75, 3.05) is 11.9 Å². The van der Waals surface area contributed by atoms with Crippen LogP contribution in [0.5, 0.6) is 0 Å². The number of hydrogen-bond donors (Lipinski definition) is 2. The smallest absolute Gasteiger partial charge is 0.303 e. The van der Waals surface area contributed by atoms with E-state index in [4.69, 9.17) is 9.97 Å². The summed E-state index contributed by atoms with van der Waals surface area (Å²) in [6.07, 6.45) is 5.82. The summed E-state index contributed by atoms with van der Waals surface area (Å²) in [4.78, 5) is 25.8. The van der Waals surface area contributed by atoms with Gasteiger partial charge in [0.05, 0.1) is 32.3 Å². The summed E-state index contributed by atoms with van der Waals surface area (Å²) >= 11 is 3.33. The molecule has 0 saturated carbocycles. The third-order valence-electron chi connectivity index (χ3n) is 6.24. The Labute approximate surface area is 207 Å². The number of anilines is 1. The first-order valence-corrected chi connectivity index (χ1v) is 13.5. The molecule has 6 nitrogen and oxygen atoms in total. The molecule has 1 aliphatic heterocycles. The van der Waals surface area contributed by atoms with Crippen LogP contribution in [0.2, 0.25) is 0 Å². The second kappa shape index (κ2) is 10.2. The molecule has 0 bridgehead atoms. The van der Waals surface area contributed by atoms with Gasteiger partial charge in [-0.05, 0) is 80.7 Å². The van der Waals surface area contributed by atoms with Crippen LogP contribution >= 0.6 is 22.7 Å². The molecule has 0 saturated heterocycles. The monoisotopic (exact) mass is 492 g/mol. The zero-order chi connectivity index (χ0) is 23.5. The number of carboxylic acids is 1. The maximum atomic E-state index is 11.6. The summed E-state index contributed by atoms with van der Waals surface area (Å²) in [5, 5.41) is 17.1. The number of benzene rings is 1. The fourth-order valence-corrected chi connectivity index (χ4v) is 6.23. The van der Waals surface area contributed by atoms with Crippen LogP contribution < -0.4 is 5.32 Å². The number of rotatable bonds is 9. The highest BCUT2D eigenvalue weighted by Crippen LogP contribution is 2.30. The average Bonchev–Trinajstić information content (AvgIpc) is 3.42. The molecule has 0 radical (unpaired) electrons. The van der Waals surface area contributed by atoms with Gasteiger partial charge in [-0.15, -0.1) is 22.7 Å².